The molecule has 2 rings (SSSR count). The highest BCUT2D eigenvalue weighted by atomic mass is 35.5. The van der Waals surface area contributed by atoms with E-state index in [-0.39, 0.29) is 11.8 Å². The minimum atomic E-state index is -0.332. The normalized spacial score (nSPS) is 13.4. The fourth-order valence-corrected chi connectivity index (χ4v) is 1.56. The average Bonchev–Trinajstić information content (AvgIpc) is 2.44. The van der Waals surface area contributed by atoms with Gasteiger partial charge in [-0.25, -0.2) is 0 Å². The molecule has 1 heterocycles. The Morgan fingerprint density at radius 3 is 2.86 bits per heavy atom. The molecule has 0 radical (unpaired) electrons. The molecular weight excluding hydrogens is 202 g/mol. The van der Waals surface area contributed by atoms with E-state index >= 15 is 0 Å². The van der Waals surface area contributed by atoms with Crippen molar-refractivity contribution in [1.29, 1.82) is 0 Å². The Bertz CT molecular complexity index is 476. The van der Waals surface area contributed by atoms with E-state index in [4.69, 9.17) is 21.8 Å². The predicted molar refractivity (Wildman–Crippen MR) is 55.5 cm³/mol. The molecule has 0 amide bonds. The van der Waals surface area contributed by atoms with Crippen molar-refractivity contribution in [2.75, 3.05) is 0 Å². The van der Waals surface area contributed by atoms with Gasteiger partial charge in [-0.1, -0.05) is 11.6 Å². The third-order valence-electron chi connectivity index (χ3n) is 2.06. The smallest absolute Gasteiger partial charge is 0.166 e. The summed E-state index contributed by atoms with van der Waals surface area (Å²) >= 11 is 5.80. The van der Waals surface area contributed by atoms with E-state index in [1.165, 1.54) is 0 Å². The molecule has 3 nitrogen and oxygen atoms in total. The first-order valence-corrected chi connectivity index (χ1v) is 4.64. The van der Waals surface area contributed by atoms with Gasteiger partial charge in [0, 0.05) is 5.02 Å². The Morgan fingerprint density at radius 2 is 2.21 bits per heavy atom. The number of aromatic hydroxyl groups is 1. The zero-order valence-corrected chi connectivity index (χ0v) is 8.38. The van der Waals surface area contributed by atoms with Gasteiger partial charge in [-0.3, -0.25) is 0 Å². The van der Waals surface area contributed by atoms with Gasteiger partial charge in [0.05, 0.1) is 11.4 Å². The summed E-state index contributed by atoms with van der Waals surface area (Å²) in [6, 6.07) is 4.74. The number of hydrogen-bond acceptors (Lipinski definition) is 3. The second kappa shape index (κ2) is 3.19. The van der Waals surface area contributed by atoms with Gasteiger partial charge in [0.25, 0.3) is 0 Å². The SMILES string of the molecule is CC(N)c1oc2ccc(Cl)cc2c1O. The van der Waals surface area contributed by atoms with Crippen molar-refractivity contribution in [3.8, 4) is 5.75 Å². The molecule has 2 aromatic rings. The van der Waals surface area contributed by atoms with E-state index in [1.54, 1.807) is 25.1 Å². The maximum Gasteiger partial charge on any atom is 0.166 e. The number of fused-ring (bicyclic) bond motifs is 1. The van der Waals surface area contributed by atoms with Crippen LogP contribution in [-0.4, -0.2) is 5.11 Å². The van der Waals surface area contributed by atoms with Crippen LogP contribution in [0.2, 0.25) is 5.02 Å². The molecule has 0 bridgehead atoms. The quantitative estimate of drug-likeness (QED) is 0.763. The number of rotatable bonds is 1. The van der Waals surface area contributed by atoms with Crippen molar-refractivity contribution in [2.45, 2.75) is 13.0 Å². The summed E-state index contributed by atoms with van der Waals surface area (Å²) in [6.07, 6.45) is 0. The maximum absolute atomic E-state index is 9.75. The molecule has 0 saturated heterocycles. The number of halogens is 1. The van der Waals surface area contributed by atoms with Crippen molar-refractivity contribution in [1.82, 2.24) is 0 Å². The van der Waals surface area contributed by atoms with Crippen LogP contribution >= 0.6 is 11.6 Å². The third kappa shape index (κ3) is 1.35. The maximum atomic E-state index is 9.75. The third-order valence-corrected chi connectivity index (χ3v) is 2.30. The summed E-state index contributed by atoms with van der Waals surface area (Å²) in [5.41, 5.74) is 6.23. The average molecular weight is 212 g/mol. The van der Waals surface area contributed by atoms with Crippen LogP contribution in [0.15, 0.2) is 22.6 Å². The molecule has 74 valence electrons. The first-order valence-electron chi connectivity index (χ1n) is 4.26. The number of benzene rings is 1. The predicted octanol–water partition coefficient (Wildman–Crippen LogP) is 2.81. The Labute approximate surface area is 86.1 Å². The zero-order valence-electron chi connectivity index (χ0n) is 7.62. The molecule has 0 aliphatic heterocycles. The van der Waals surface area contributed by atoms with Crippen LogP contribution in [-0.2, 0) is 0 Å². The highest BCUT2D eigenvalue weighted by molar-refractivity contribution is 6.31. The highest BCUT2D eigenvalue weighted by Crippen LogP contribution is 2.36. The fraction of sp³-hybridized carbons (Fsp3) is 0.200. The molecule has 14 heavy (non-hydrogen) atoms. The van der Waals surface area contributed by atoms with Gasteiger partial charge in [-0.05, 0) is 25.1 Å². The molecule has 0 fully saturated rings. The molecule has 0 saturated carbocycles. The first-order chi connectivity index (χ1) is 6.59. The Hall–Kier alpha value is -1.19. The summed E-state index contributed by atoms with van der Waals surface area (Å²) in [6.45, 7) is 1.75. The summed E-state index contributed by atoms with van der Waals surface area (Å²) in [4.78, 5) is 0. The Kier molecular flexibility index (Phi) is 2.13. The van der Waals surface area contributed by atoms with Gasteiger partial charge >= 0.3 is 0 Å². The molecule has 1 unspecified atom stereocenters. The van der Waals surface area contributed by atoms with Gasteiger partial charge in [0.15, 0.2) is 11.5 Å². The van der Waals surface area contributed by atoms with Gasteiger partial charge < -0.3 is 15.3 Å². The van der Waals surface area contributed by atoms with E-state index in [2.05, 4.69) is 0 Å². The van der Waals surface area contributed by atoms with Crippen LogP contribution < -0.4 is 5.73 Å². The van der Waals surface area contributed by atoms with Crippen LogP contribution in [0.25, 0.3) is 11.0 Å². The summed E-state index contributed by atoms with van der Waals surface area (Å²) < 4.78 is 5.38. The van der Waals surface area contributed by atoms with Crippen molar-refractivity contribution < 1.29 is 9.52 Å². The molecule has 1 aromatic carbocycles. The van der Waals surface area contributed by atoms with Crippen LogP contribution in [0.1, 0.15) is 18.7 Å². The van der Waals surface area contributed by atoms with E-state index < -0.39 is 0 Å². The number of furan rings is 1. The summed E-state index contributed by atoms with van der Waals surface area (Å²) in [5.74, 6) is 0.472. The molecule has 1 aromatic heterocycles. The van der Waals surface area contributed by atoms with Crippen molar-refractivity contribution >= 4 is 22.6 Å². The van der Waals surface area contributed by atoms with Crippen molar-refractivity contribution in [2.24, 2.45) is 5.73 Å². The number of hydrogen-bond donors (Lipinski definition) is 2. The molecule has 1 atom stereocenters. The zero-order chi connectivity index (χ0) is 10.3. The minimum absolute atomic E-state index is 0.0810. The number of nitrogens with two attached hydrogens (primary N) is 1. The summed E-state index contributed by atoms with van der Waals surface area (Å²) in [7, 11) is 0. The van der Waals surface area contributed by atoms with E-state index in [9.17, 15) is 5.11 Å². The Morgan fingerprint density at radius 1 is 1.50 bits per heavy atom. The van der Waals surface area contributed by atoms with Crippen LogP contribution in [0, 0.1) is 0 Å². The van der Waals surface area contributed by atoms with Gasteiger partial charge in [-0.2, -0.15) is 0 Å². The van der Waals surface area contributed by atoms with E-state index in [0.29, 0.717) is 21.8 Å². The lowest BCUT2D eigenvalue weighted by atomic mass is 10.2. The molecule has 4 heteroatoms. The largest absolute Gasteiger partial charge is 0.504 e. The highest BCUT2D eigenvalue weighted by Gasteiger charge is 2.16. The van der Waals surface area contributed by atoms with Crippen molar-refractivity contribution in [3.63, 3.8) is 0 Å². The second-order valence-corrected chi connectivity index (χ2v) is 3.68. The molecular formula is C10H10ClNO2. The molecule has 3 N–H and O–H groups in total. The van der Waals surface area contributed by atoms with Crippen LogP contribution in [0.5, 0.6) is 5.75 Å². The lowest BCUT2D eigenvalue weighted by molar-refractivity contribution is 0.426. The Balaban J connectivity index is 2.74. The molecule has 0 spiro atoms. The van der Waals surface area contributed by atoms with E-state index in [0.717, 1.165) is 0 Å². The van der Waals surface area contributed by atoms with Crippen LogP contribution in [0.3, 0.4) is 0 Å². The fourth-order valence-electron chi connectivity index (χ4n) is 1.38. The van der Waals surface area contributed by atoms with Gasteiger partial charge in [0.1, 0.15) is 5.58 Å². The van der Waals surface area contributed by atoms with Gasteiger partial charge in [-0.15, -0.1) is 0 Å². The lowest BCUT2D eigenvalue weighted by Crippen LogP contribution is -2.03. The summed E-state index contributed by atoms with van der Waals surface area (Å²) in [5, 5.41) is 10.9. The van der Waals surface area contributed by atoms with Crippen LogP contribution in [0.4, 0.5) is 0 Å². The van der Waals surface area contributed by atoms with Crippen molar-refractivity contribution in [3.05, 3.63) is 29.0 Å². The van der Waals surface area contributed by atoms with E-state index in [1.807, 2.05) is 0 Å². The van der Waals surface area contributed by atoms with Gasteiger partial charge in [0.2, 0.25) is 0 Å². The lowest BCUT2D eigenvalue weighted by Gasteiger charge is -1.99. The second-order valence-electron chi connectivity index (χ2n) is 3.24. The molecule has 0 aliphatic carbocycles. The minimum Gasteiger partial charge on any atom is -0.504 e. The standard InChI is InChI=1S/C10H10ClNO2/c1-5(12)10-9(13)7-4-6(11)2-3-8(7)14-10/h2-5,13H,12H2,1H3. The topological polar surface area (TPSA) is 59.4 Å². The molecule has 0 aliphatic rings. The first kappa shape index (κ1) is 9.37. The monoisotopic (exact) mass is 211 g/mol.